The zero-order valence-electron chi connectivity index (χ0n) is 11.8. The average molecular weight is 295 g/mol. The largest absolute Gasteiger partial charge is 0.340 e. The zero-order chi connectivity index (χ0) is 13.3. The van der Waals surface area contributed by atoms with Crippen molar-refractivity contribution >= 4 is 18.3 Å². The highest BCUT2D eigenvalue weighted by Gasteiger charge is 2.41. The van der Waals surface area contributed by atoms with Crippen LogP contribution in [-0.4, -0.2) is 29.4 Å². The maximum Gasteiger partial charge on any atom is 0.242 e. The number of amides is 1. The lowest BCUT2D eigenvalue weighted by Gasteiger charge is -2.28. The van der Waals surface area contributed by atoms with Gasteiger partial charge in [0.05, 0.1) is 5.54 Å². The van der Waals surface area contributed by atoms with Gasteiger partial charge in [0, 0.05) is 19.0 Å². The smallest absolute Gasteiger partial charge is 0.242 e. The Balaban J connectivity index is 0.00000147. The van der Waals surface area contributed by atoms with Gasteiger partial charge in [-0.2, -0.15) is 0 Å². The van der Waals surface area contributed by atoms with Crippen LogP contribution >= 0.6 is 12.4 Å². The van der Waals surface area contributed by atoms with Gasteiger partial charge in [-0.25, -0.2) is 0 Å². The van der Waals surface area contributed by atoms with Crippen molar-refractivity contribution in [1.82, 2.24) is 4.90 Å². The summed E-state index contributed by atoms with van der Waals surface area (Å²) in [5.74, 6) is 0.665. The second-order valence-electron chi connectivity index (χ2n) is 6.01. The Morgan fingerprint density at radius 3 is 2.50 bits per heavy atom. The van der Waals surface area contributed by atoms with Gasteiger partial charge < -0.3 is 10.6 Å². The molecule has 2 N–H and O–H groups in total. The van der Waals surface area contributed by atoms with Crippen molar-refractivity contribution in [3.05, 3.63) is 35.9 Å². The molecule has 0 aromatic heterocycles. The van der Waals surface area contributed by atoms with Gasteiger partial charge in [0.2, 0.25) is 5.91 Å². The number of nitrogens with zero attached hydrogens (tertiary/aromatic N) is 1. The Morgan fingerprint density at radius 1 is 1.20 bits per heavy atom. The number of nitrogens with two attached hydrogens (primary N) is 1. The van der Waals surface area contributed by atoms with E-state index in [0.717, 1.165) is 45.2 Å². The summed E-state index contributed by atoms with van der Waals surface area (Å²) >= 11 is 0. The molecular formula is C16H23ClN2O. The fourth-order valence-corrected chi connectivity index (χ4v) is 3.48. The lowest BCUT2D eigenvalue weighted by molar-refractivity contribution is -0.135. The summed E-state index contributed by atoms with van der Waals surface area (Å²) in [7, 11) is 0. The lowest BCUT2D eigenvalue weighted by atomic mass is 9.97. The first-order valence-electron chi connectivity index (χ1n) is 7.32. The van der Waals surface area contributed by atoms with Crippen molar-refractivity contribution < 1.29 is 4.79 Å². The highest BCUT2D eigenvalue weighted by molar-refractivity contribution is 5.86. The molecule has 1 aliphatic carbocycles. The van der Waals surface area contributed by atoms with Crippen molar-refractivity contribution in [1.29, 1.82) is 0 Å². The van der Waals surface area contributed by atoms with E-state index in [1.807, 2.05) is 11.0 Å². The minimum atomic E-state index is -0.564. The number of likely N-dealkylation sites (tertiary alicyclic amines) is 1. The topological polar surface area (TPSA) is 46.3 Å². The molecule has 0 spiro atoms. The first kappa shape index (κ1) is 15.3. The van der Waals surface area contributed by atoms with Gasteiger partial charge >= 0.3 is 0 Å². The molecule has 2 aliphatic rings. The summed E-state index contributed by atoms with van der Waals surface area (Å²) in [5.41, 5.74) is 7.05. The van der Waals surface area contributed by atoms with E-state index >= 15 is 0 Å². The van der Waals surface area contributed by atoms with Gasteiger partial charge in [-0.3, -0.25) is 4.79 Å². The lowest BCUT2D eigenvalue weighted by Crippen LogP contribution is -2.52. The molecule has 20 heavy (non-hydrogen) atoms. The van der Waals surface area contributed by atoms with Gasteiger partial charge in [-0.05, 0) is 24.8 Å². The monoisotopic (exact) mass is 294 g/mol. The summed E-state index contributed by atoms with van der Waals surface area (Å²) in [6.07, 6.45) is 4.97. The van der Waals surface area contributed by atoms with Crippen LogP contribution in [0, 0.1) is 0 Å². The SMILES string of the molecule is Cl.NC1(C(=O)N2CCC(c3ccccc3)C2)CCCC1. The Labute approximate surface area is 126 Å². The molecule has 1 amide bonds. The summed E-state index contributed by atoms with van der Waals surface area (Å²) in [5, 5.41) is 0. The van der Waals surface area contributed by atoms with E-state index in [2.05, 4.69) is 24.3 Å². The number of benzene rings is 1. The third-order valence-corrected chi connectivity index (χ3v) is 4.67. The van der Waals surface area contributed by atoms with Gasteiger partial charge in [0.25, 0.3) is 0 Å². The van der Waals surface area contributed by atoms with Crippen LogP contribution in [0.3, 0.4) is 0 Å². The molecule has 3 nitrogen and oxygen atoms in total. The van der Waals surface area contributed by atoms with Gasteiger partial charge in [-0.1, -0.05) is 43.2 Å². The standard InChI is InChI=1S/C16H22N2O.ClH/c17-16(9-4-5-10-16)15(19)18-11-8-14(12-18)13-6-2-1-3-7-13;/h1-3,6-7,14H,4-5,8-12,17H2;1H. The molecule has 3 rings (SSSR count). The van der Waals surface area contributed by atoms with E-state index in [4.69, 9.17) is 5.73 Å². The Kier molecular flexibility index (Phi) is 4.71. The quantitative estimate of drug-likeness (QED) is 0.911. The van der Waals surface area contributed by atoms with Crippen LogP contribution in [0.5, 0.6) is 0 Å². The maximum absolute atomic E-state index is 12.5. The first-order chi connectivity index (χ1) is 9.19. The third-order valence-electron chi connectivity index (χ3n) is 4.67. The van der Waals surface area contributed by atoms with Crippen LogP contribution in [0.25, 0.3) is 0 Å². The molecule has 1 aromatic carbocycles. The summed E-state index contributed by atoms with van der Waals surface area (Å²) in [4.78, 5) is 14.5. The molecule has 2 fully saturated rings. The second-order valence-corrected chi connectivity index (χ2v) is 6.01. The number of halogens is 1. The normalized spacial score (nSPS) is 24.4. The van der Waals surface area contributed by atoms with Crippen molar-refractivity contribution in [3.8, 4) is 0 Å². The van der Waals surface area contributed by atoms with E-state index in [1.165, 1.54) is 5.56 Å². The van der Waals surface area contributed by atoms with Crippen molar-refractivity contribution in [2.45, 2.75) is 43.6 Å². The van der Waals surface area contributed by atoms with Crippen molar-refractivity contribution in [2.75, 3.05) is 13.1 Å². The van der Waals surface area contributed by atoms with Crippen LogP contribution in [-0.2, 0) is 4.79 Å². The van der Waals surface area contributed by atoms with Crippen LogP contribution in [0.15, 0.2) is 30.3 Å². The molecule has 1 saturated carbocycles. The summed E-state index contributed by atoms with van der Waals surface area (Å²) in [6.45, 7) is 1.69. The zero-order valence-corrected chi connectivity index (χ0v) is 12.6. The maximum atomic E-state index is 12.5. The molecule has 110 valence electrons. The van der Waals surface area contributed by atoms with Crippen LogP contribution < -0.4 is 5.73 Å². The van der Waals surface area contributed by atoms with Crippen molar-refractivity contribution in [2.24, 2.45) is 5.73 Å². The van der Waals surface area contributed by atoms with E-state index in [-0.39, 0.29) is 18.3 Å². The second kappa shape index (κ2) is 6.15. The van der Waals surface area contributed by atoms with E-state index in [9.17, 15) is 4.79 Å². The molecule has 0 radical (unpaired) electrons. The summed E-state index contributed by atoms with van der Waals surface area (Å²) in [6, 6.07) is 10.5. The molecule has 1 atom stereocenters. The van der Waals surface area contributed by atoms with Crippen LogP contribution in [0.1, 0.15) is 43.6 Å². The van der Waals surface area contributed by atoms with E-state index in [0.29, 0.717) is 5.92 Å². The minimum Gasteiger partial charge on any atom is -0.340 e. The highest BCUT2D eigenvalue weighted by Crippen LogP contribution is 2.33. The number of hydrogen-bond acceptors (Lipinski definition) is 2. The molecule has 1 aliphatic heterocycles. The first-order valence-corrected chi connectivity index (χ1v) is 7.32. The van der Waals surface area contributed by atoms with E-state index in [1.54, 1.807) is 0 Å². The van der Waals surface area contributed by atoms with Gasteiger partial charge in [0.15, 0.2) is 0 Å². The Morgan fingerprint density at radius 2 is 1.85 bits per heavy atom. The number of carbonyl (C=O) groups is 1. The van der Waals surface area contributed by atoms with Crippen LogP contribution in [0.4, 0.5) is 0 Å². The molecular weight excluding hydrogens is 272 g/mol. The summed E-state index contributed by atoms with van der Waals surface area (Å²) < 4.78 is 0. The fourth-order valence-electron chi connectivity index (χ4n) is 3.48. The highest BCUT2D eigenvalue weighted by atomic mass is 35.5. The molecule has 1 heterocycles. The van der Waals surface area contributed by atoms with Crippen LogP contribution in [0.2, 0.25) is 0 Å². The fraction of sp³-hybridized carbons (Fsp3) is 0.562. The Hall–Kier alpha value is -1.06. The number of rotatable bonds is 2. The Bertz CT molecular complexity index is 457. The van der Waals surface area contributed by atoms with E-state index < -0.39 is 5.54 Å². The third kappa shape index (κ3) is 2.84. The van der Waals surface area contributed by atoms with Crippen molar-refractivity contribution in [3.63, 3.8) is 0 Å². The molecule has 4 heteroatoms. The van der Waals surface area contributed by atoms with Gasteiger partial charge in [0.1, 0.15) is 0 Å². The van der Waals surface area contributed by atoms with Gasteiger partial charge in [-0.15, -0.1) is 12.4 Å². The predicted molar refractivity (Wildman–Crippen MR) is 83.0 cm³/mol. The molecule has 0 bridgehead atoms. The minimum absolute atomic E-state index is 0. The average Bonchev–Trinajstić information content (AvgIpc) is 3.09. The predicted octanol–water partition coefficient (Wildman–Crippen LogP) is 2.70. The molecule has 1 unspecified atom stereocenters. The molecule has 1 aromatic rings. The molecule has 1 saturated heterocycles. The number of hydrogen-bond donors (Lipinski definition) is 1. The number of carbonyl (C=O) groups excluding carboxylic acids is 1.